The number of halogens is 3. The number of hydrogen-bond acceptors (Lipinski definition) is 3. The topological polar surface area (TPSA) is 48.7 Å². The first-order valence-corrected chi connectivity index (χ1v) is 5.25. The number of benzene rings is 1. The Morgan fingerprint density at radius 3 is 2.72 bits per heavy atom. The predicted molar refractivity (Wildman–Crippen MR) is 63.6 cm³/mol. The normalized spacial score (nSPS) is 9.89. The Balaban J connectivity index is 2.37. The Morgan fingerprint density at radius 2 is 2.06 bits per heavy atom. The van der Waals surface area contributed by atoms with Crippen LogP contribution in [-0.4, -0.2) is 4.98 Å². The standard InChI is InChI=1S/C12H6ClF2N3/c13-8-4-10(15)12(17-6-8)18-11-2-1-9(14)3-7(11)5-16/h1-4,6H,(H,17,18). The zero-order chi connectivity index (χ0) is 13.1. The maximum Gasteiger partial charge on any atom is 0.167 e. The lowest BCUT2D eigenvalue weighted by Crippen LogP contribution is -1.99. The lowest BCUT2D eigenvalue weighted by Gasteiger charge is -2.08. The van der Waals surface area contributed by atoms with Crippen molar-refractivity contribution in [2.75, 3.05) is 5.32 Å². The van der Waals surface area contributed by atoms with Gasteiger partial charge >= 0.3 is 0 Å². The molecule has 0 amide bonds. The molecule has 0 saturated heterocycles. The Bertz CT molecular complexity index is 638. The molecule has 90 valence electrons. The number of aromatic nitrogens is 1. The third-order valence-corrected chi connectivity index (χ3v) is 2.37. The molecule has 0 spiro atoms. The fourth-order valence-electron chi connectivity index (χ4n) is 1.35. The minimum atomic E-state index is -0.657. The zero-order valence-electron chi connectivity index (χ0n) is 8.92. The van der Waals surface area contributed by atoms with Crippen LogP contribution in [0.25, 0.3) is 0 Å². The monoisotopic (exact) mass is 265 g/mol. The summed E-state index contributed by atoms with van der Waals surface area (Å²) in [6, 6.07) is 6.45. The number of nitrogens with one attached hydrogen (secondary N) is 1. The molecule has 1 N–H and O–H groups in total. The van der Waals surface area contributed by atoms with Crippen molar-refractivity contribution in [3.8, 4) is 6.07 Å². The highest BCUT2D eigenvalue weighted by atomic mass is 35.5. The summed E-state index contributed by atoms with van der Waals surface area (Å²) in [4.78, 5) is 3.75. The molecule has 2 aromatic rings. The summed E-state index contributed by atoms with van der Waals surface area (Å²) in [6.07, 6.45) is 1.27. The molecule has 1 aromatic heterocycles. The molecule has 18 heavy (non-hydrogen) atoms. The molecule has 6 heteroatoms. The number of hydrogen-bond donors (Lipinski definition) is 1. The highest BCUT2D eigenvalue weighted by molar-refractivity contribution is 6.30. The van der Waals surface area contributed by atoms with E-state index >= 15 is 0 Å². The third kappa shape index (κ3) is 2.55. The van der Waals surface area contributed by atoms with Crippen molar-refractivity contribution in [1.29, 1.82) is 5.26 Å². The maximum atomic E-state index is 13.5. The molecule has 0 aliphatic carbocycles. The second-order valence-corrected chi connectivity index (χ2v) is 3.85. The van der Waals surface area contributed by atoms with Gasteiger partial charge in [-0.25, -0.2) is 13.8 Å². The number of pyridine rings is 1. The lowest BCUT2D eigenvalue weighted by molar-refractivity contribution is 0.625. The average molecular weight is 266 g/mol. The van der Waals surface area contributed by atoms with Gasteiger partial charge in [-0.3, -0.25) is 0 Å². The maximum absolute atomic E-state index is 13.5. The van der Waals surface area contributed by atoms with E-state index in [1.165, 1.54) is 12.3 Å². The first-order valence-electron chi connectivity index (χ1n) is 4.88. The Hall–Kier alpha value is -2.19. The molecule has 3 nitrogen and oxygen atoms in total. The van der Waals surface area contributed by atoms with Gasteiger partial charge in [0.05, 0.1) is 16.3 Å². The van der Waals surface area contributed by atoms with Crippen molar-refractivity contribution in [3.63, 3.8) is 0 Å². The first-order chi connectivity index (χ1) is 8.60. The highest BCUT2D eigenvalue weighted by Crippen LogP contribution is 2.23. The van der Waals surface area contributed by atoms with Gasteiger partial charge in [0.15, 0.2) is 11.6 Å². The van der Waals surface area contributed by atoms with Gasteiger partial charge in [-0.1, -0.05) is 11.6 Å². The Morgan fingerprint density at radius 1 is 1.28 bits per heavy atom. The van der Waals surface area contributed by atoms with Crippen molar-refractivity contribution >= 4 is 23.1 Å². The van der Waals surface area contributed by atoms with Gasteiger partial charge in [-0.05, 0) is 24.3 Å². The molecular formula is C12H6ClF2N3. The van der Waals surface area contributed by atoms with Gasteiger partial charge in [0, 0.05) is 6.20 Å². The van der Waals surface area contributed by atoms with Crippen LogP contribution in [0.15, 0.2) is 30.5 Å². The van der Waals surface area contributed by atoms with Crippen LogP contribution in [0.5, 0.6) is 0 Å². The summed E-state index contributed by atoms with van der Waals surface area (Å²) in [5.74, 6) is -1.28. The lowest BCUT2D eigenvalue weighted by atomic mass is 10.2. The molecule has 0 saturated carbocycles. The van der Waals surface area contributed by atoms with Crippen molar-refractivity contribution in [2.24, 2.45) is 0 Å². The van der Waals surface area contributed by atoms with Gasteiger partial charge < -0.3 is 5.32 Å². The van der Waals surface area contributed by atoms with Crippen LogP contribution in [0.4, 0.5) is 20.3 Å². The van der Waals surface area contributed by atoms with Gasteiger partial charge in [-0.2, -0.15) is 5.26 Å². The van der Waals surface area contributed by atoms with Crippen LogP contribution in [0.3, 0.4) is 0 Å². The molecule has 0 atom stereocenters. The Labute approximate surface area is 107 Å². The van der Waals surface area contributed by atoms with Crippen LogP contribution in [0.2, 0.25) is 5.02 Å². The summed E-state index contributed by atoms with van der Waals surface area (Å²) in [5.41, 5.74) is 0.332. The van der Waals surface area contributed by atoms with Crippen molar-refractivity contribution in [3.05, 3.63) is 52.7 Å². The molecule has 1 aromatic carbocycles. The van der Waals surface area contributed by atoms with Crippen LogP contribution < -0.4 is 5.32 Å². The summed E-state index contributed by atoms with van der Waals surface area (Å²) >= 11 is 5.57. The second-order valence-electron chi connectivity index (χ2n) is 3.41. The molecule has 0 unspecified atom stereocenters. The molecule has 0 fully saturated rings. The molecule has 0 bridgehead atoms. The van der Waals surface area contributed by atoms with Crippen molar-refractivity contribution in [1.82, 2.24) is 4.98 Å². The van der Waals surface area contributed by atoms with E-state index in [4.69, 9.17) is 16.9 Å². The van der Waals surface area contributed by atoms with E-state index in [9.17, 15) is 8.78 Å². The SMILES string of the molecule is N#Cc1cc(F)ccc1Nc1ncc(Cl)cc1F. The predicted octanol–water partition coefficient (Wildman–Crippen LogP) is 3.63. The third-order valence-electron chi connectivity index (χ3n) is 2.16. The zero-order valence-corrected chi connectivity index (χ0v) is 9.67. The van der Waals surface area contributed by atoms with E-state index in [-0.39, 0.29) is 22.1 Å². The summed E-state index contributed by atoms with van der Waals surface area (Å²) in [5, 5.41) is 11.6. The van der Waals surface area contributed by atoms with Crippen LogP contribution >= 0.6 is 11.6 Å². The van der Waals surface area contributed by atoms with E-state index in [0.717, 1.165) is 18.2 Å². The quantitative estimate of drug-likeness (QED) is 0.902. The first kappa shape index (κ1) is 12.3. The van der Waals surface area contributed by atoms with Gasteiger partial charge in [0.25, 0.3) is 0 Å². The number of nitrogens with zero attached hydrogens (tertiary/aromatic N) is 2. The average Bonchev–Trinajstić information content (AvgIpc) is 2.34. The highest BCUT2D eigenvalue weighted by Gasteiger charge is 2.08. The number of nitriles is 1. The van der Waals surface area contributed by atoms with E-state index in [0.29, 0.717) is 0 Å². The van der Waals surface area contributed by atoms with E-state index in [1.54, 1.807) is 0 Å². The summed E-state index contributed by atoms with van der Waals surface area (Å²) in [6.45, 7) is 0. The van der Waals surface area contributed by atoms with Crippen LogP contribution in [0, 0.1) is 23.0 Å². The smallest absolute Gasteiger partial charge is 0.167 e. The summed E-state index contributed by atoms with van der Waals surface area (Å²) < 4.78 is 26.4. The fourth-order valence-corrected chi connectivity index (χ4v) is 1.50. The van der Waals surface area contributed by atoms with Crippen molar-refractivity contribution in [2.45, 2.75) is 0 Å². The number of anilines is 2. The molecule has 2 rings (SSSR count). The fraction of sp³-hybridized carbons (Fsp3) is 0. The molecule has 0 aliphatic rings. The van der Waals surface area contributed by atoms with E-state index < -0.39 is 11.6 Å². The Kier molecular flexibility index (Phi) is 3.40. The second kappa shape index (κ2) is 4.98. The van der Waals surface area contributed by atoms with E-state index in [1.807, 2.05) is 6.07 Å². The van der Waals surface area contributed by atoms with Crippen molar-refractivity contribution < 1.29 is 8.78 Å². The molecule has 1 heterocycles. The minimum Gasteiger partial charge on any atom is -0.337 e. The largest absolute Gasteiger partial charge is 0.337 e. The van der Waals surface area contributed by atoms with Crippen LogP contribution in [-0.2, 0) is 0 Å². The molecular weight excluding hydrogens is 260 g/mol. The number of rotatable bonds is 2. The van der Waals surface area contributed by atoms with Gasteiger partial charge in [0.1, 0.15) is 11.9 Å². The van der Waals surface area contributed by atoms with E-state index in [2.05, 4.69) is 10.3 Å². The van der Waals surface area contributed by atoms with Gasteiger partial charge in [0.2, 0.25) is 0 Å². The van der Waals surface area contributed by atoms with Gasteiger partial charge in [-0.15, -0.1) is 0 Å². The molecule has 0 radical (unpaired) electrons. The summed E-state index contributed by atoms with van der Waals surface area (Å²) in [7, 11) is 0. The van der Waals surface area contributed by atoms with Crippen LogP contribution in [0.1, 0.15) is 5.56 Å². The minimum absolute atomic E-state index is 0.0613. The molecule has 0 aliphatic heterocycles.